The quantitative estimate of drug-likeness (QED) is 0.724. The van der Waals surface area contributed by atoms with Crippen LogP contribution in [0.3, 0.4) is 0 Å². The Kier molecular flexibility index (Phi) is 5.62. The topological polar surface area (TPSA) is 78.4 Å². The highest BCUT2D eigenvalue weighted by Crippen LogP contribution is 2.32. The molecule has 0 aromatic rings. The minimum absolute atomic E-state index is 0.146. The van der Waals surface area contributed by atoms with Crippen LogP contribution in [0, 0.1) is 11.8 Å². The van der Waals surface area contributed by atoms with Crippen LogP contribution in [0.4, 0.5) is 0 Å². The van der Waals surface area contributed by atoms with Gasteiger partial charge in [-0.05, 0) is 43.9 Å². The summed E-state index contributed by atoms with van der Waals surface area (Å²) in [5, 5.41) is 15.4. The van der Waals surface area contributed by atoms with Crippen molar-refractivity contribution in [3.8, 4) is 0 Å². The molecule has 2 aliphatic rings. The van der Waals surface area contributed by atoms with Crippen molar-refractivity contribution in [1.82, 2.24) is 10.6 Å². The van der Waals surface area contributed by atoms with Crippen molar-refractivity contribution in [3.05, 3.63) is 0 Å². The average Bonchev–Trinajstić information content (AvgIpc) is 2.45. The fourth-order valence-electron chi connectivity index (χ4n) is 3.67. The Bertz CT molecular complexity index is 384. The van der Waals surface area contributed by atoms with Crippen molar-refractivity contribution in [2.45, 2.75) is 76.9 Å². The number of piperidine rings is 1. The zero-order valence-electron chi connectivity index (χ0n) is 13.1. The second-order valence-electron chi connectivity index (χ2n) is 6.98. The molecule has 1 aliphatic carbocycles. The van der Waals surface area contributed by atoms with Crippen molar-refractivity contribution in [3.63, 3.8) is 0 Å². The van der Waals surface area contributed by atoms with Gasteiger partial charge in [-0.1, -0.05) is 26.7 Å². The van der Waals surface area contributed by atoms with Crippen LogP contribution in [0.1, 0.15) is 58.8 Å². The first-order valence-corrected chi connectivity index (χ1v) is 8.26. The molecule has 5 heteroatoms. The molecule has 21 heavy (non-hydrogen) atoms. The zero-order chi connectivity index (χ0) is 15.4. The summed E-state index contributed by atoms with van der Waals surface area (Å²) < 4.78 is 0. The van der Waals surface area contributed by atoms with Crippen molar-refractivity contribution in [1.29, 1.82) is 0 Å². The number of hydrogen-bond acceptors (Lipinski definition) is 3. The van der Waals surface area contributed by atoms with Gasteiger partial charge in [0, 0.05) is 6.04 Å². The number of carbonyl (C=O) groups excluding carboxylic acids is 1. The lowest BCUT2D eigenvalue weighted by Gasteiger charge is -2.40. The van der Waals surface area contributed by atoms with Gasteiger partial charge in [0.15, 0.2) is 0 Å². The van der Waals surface area contributed by atoms with Gasteiger partial charge in [0.1, 0.15) is 6.04 Å². The highest BCUT2D eigenvalue weighted by molar-refractivity contribution is 5.87. The molecule has 1 amide bonds. The molecule has 3 unspecified atom stereocenters. The lowest BCUT2D eigenvalue weighted by Crippen LogP contribution is -2.57. The van der Waals surface area contributed by atoms with E-state index in [2.05, 4.69) is 10.6 Å². The normalized spacial score (nSPS) is 30.5. The first-order valence-electron chi connectivity index (χ1n) is 8.26. The van der Waals surface area contributed by atoms with E-state index in [1.165, 1.54) is 19.3 Å². The van der Waals surface area contributed by atoms with E-state index in [-0.39, 0.29) is 17.9 Å². The van der Waals surface area contributed by atoms with Gasteiger partial charge >= 0.3 is 5.97 Å². The van der Waals surface area contributed by atoms with Gasteiger partial charge in [0.25, 0.3) is 0 Å². The number of carbonyl (C=O) groups is 2. The molecule has 0 aromatic carbocycles. The van der Waals surface area contributed by atoms with E-state index in [0.29, 0.717) is 18.4 Å². The van der Waals surface area contributed by atoms with E-state index in [0.717, 1.165) is 19.3 Å². The summed E-state index contributed by atoms with van der Waals surface area (Å²) in [6, 6.07) is -0.557. The lowest BCUT2D eigenvalue weighted by atomic mass is 9.77. The van der Waals surface area contributed by atoms with Gasteiger partial charge in [0.2, 0.25) is 5.91 Å². The lowest BCUT2D eigenvalue weighted by molar-refractivity contribution is -0.142. The molecule has 0 aromatic heterocycles. The third-order valence-electron chi connectivity index (χ3n) is 4.79. The third-order valence-corrected chi connectivity index (χ3v) is 4.79. The number of rotatable bonds is 5. The molecule has 1 heterocycles. The van der Waals surface area contributed by atoms with E-state index in [4.69, 9.17) is 0 Å². The summed E-state index contributed by atoms with van der Waals surface area (Å²) in [5.41, 5.74) is 0. The Morgan fingerprint density at radius 2 is 1.90 bits per heavy atom. The van der Waals surface area contributed by atoms with Crippen LogP contribution >= 0.6 is 0 Å². The van der Waals surface area contributed by atoms with Crippen molar-refractivity contribution in [2.24, 2.45) is 11.8 Å². The van der Waals surface area contributed by atoms with Gasteiger partial charge in [0.05, 0.1) is 6.04 Å². The molecule has 5 nitrogen and oxygen atoms in total. The average molecular weight is 296 g/mol. The van der Waals surface area contributed by atoms with E-state index in [9.17, 15) is 14.7 Å². The molecule has 3 N–H and O–H groups in total. The largest absolute Gasteiger partial charge is 0.480 e. The number of amides is 1. The summed E-state index contributed by atoms with van der Waals surface area (Å²) in [6.07, 6.45) is 7.31. The Labute approximate surface area is 126 Å². The molecule has 1 aliphatic heterocycles. The van der Waals surface area contributed by atoms with E-state index < -0.39 is 12.0 Å². The molecule has 120 valence electrons. The van der Waals surface area contributed by atoms with Crippen LogP contribution in [0.2, 0.25) is 0 Å². The van der Waals surface area contributed by atoms with Crippen molar-refractivity contribution < 1.29 is 14.7 Å². The molecule has 0 bridgehead atoms. The third kappa shape index (κ3) is 4.43. The van der Waals surface area contributed by atoms with E-state index in [1.54, 1.807) is 0 Å². The minimum atomic E-state index is -0.941. The second kappa shape index (κ2) is 7.25. The minimum Gasteiger partial charge on any atom is -0.480 e. The zero-order valence-corrected chi connectivity index (χ0v) is 13.1. The Morgan fingerprint density at radius 3 is 2.57 bits per heavy atom. The molecule has 0 radical (unpaired) electrons. The number of aliphatic carboxylic acids is 1. The predicted octanol–water partition coefficient (Wildman–Crippen LogP) is 1.91. The molecule has 0 spiro atoms. The molecular weight excluding hydrogens is 268 g/mol. The first kappa shape index (κ1) is 16.3. The maximum atomic E-state index is 12.3. The van der Waals surface area contributed by atoms with Gasteiger partial charge in [-0.25, -0.2) is 4.79 Å². The summed E-state index contributed by atoms with van der Waals surface area (Å²) in [7, 11) is 0. The van der Waals surface area contributed by atoms with Gasteiger partial charge in [-0.3, -0.25) is 4.79 Å². The molecular formula is C16H28N2O3. The monoisotopic (exact) mass is 296 g/mol. The summed E-state index contributed by atoms with van der Waals surface area (Å²) in [4.78, 5) is 23.6. The Hall–Kier alpha value is -1.10. The van der Waals surface area contributed by atoms with Gasteiger partial charge < -0.3 is 15.7 Å². The van der Waals surface area contributed by atoms with Crippen LogP contribution in [-0.2, 0) is 9.59 Å². The second-order valence-corrected chi connectivity index (χ2v) is 6.98. The van der Waals surface area contributed by atoms with E-state index in [1.807, 2.05) is 13.8 Å². The summed E-state index contributed by atoms with van der Waals surface area (Å²) in [6.45, 7) is 3.93. The Morgan fingerprint density at radius 1 is 1.19 bits per heavy atom. The number of fused-ring (bicyclic) bond motifs is 1. The smallest absolute Gasteiger partial charge is 0.326 e. The summed E-state index contributed by atoms with van der Waals surface area (Å²) in [5.74, 6) is -0.141. The predicted molar refractivity (Wildman–Crippen MR) is 80.9 cm³/mol. The molecule has 4 atom stereocenters. The van der Waals surface area contributed by atoms with Crippen LogP contribution in [0.5, 0.6) is 0 Å². The van der Waals surface area contributed by atoms with Crippen molar-refractivity contribution >= 4 is 11.9 Å². The van der Waals surface area contributed by atoms with Crippen LogP contribution in [0.25, 0.3) is 0 Å². The Balaban J connectivity index is 1.88. The first-order chi connectivity index (χ1) is 9.97. The SMILES string of the molecule is CC(C)C[C@@H](NC(=O)C1CCC2CCCCC2N1)C(=O)O. The number of carboxylic acid groups (broad SMARTS) is 1. The van der Waals surface area contributed by atoms with Crippen molar-refractivity contribution in [2.75, 3.05) is 0 Å². The molecule has 2 fully saturated rings. The van der Waals surface area contributed by atoms with Gasteiger partial charge in [-0.2, -0.15) is 0 Å². The van der Waals surface area contributed by atoms with E-state index >= 15 is 0 Å². The highest BCUT2D eigenvalue weighted by atomic mass is 16.4. The van der Waals surface area contributed by atoms with Crippen LogP contribution in [0.15, 0.2) is 0 Å². The maximum absolute atomic E-state index is 12.3. The molecule has 1 saturated heterocycles. The standard InChI is InChI=1S/C16H28N2O3/c1-10(2)9-14(16(20)21)18-15(19)13-8-7-11-5-3-4-6-12(11)17-13/h10-14,17H,3-9H2,1-2H3,(H,18,19)(H,20,21)/t11?,12?,13?,14-/m1/s1. The molecule has 1 saturated carbocycles. The summed E-state index contributed by atoms with van der Waals surface area (Å²) >= 11 is 0. The number of hydrogen-bond donors (Lipinski definition) is 3. The number of carboxylic acids is 1. The highest BCUT2D eigenvalue weighted by Gasteiger charge is 2.35. The van der Waals surface area contributed by atoms with Crippen LogP contribution in [-0.4, -0.2) is 35.1 Å². The van der Waals surface area contributed by atoms with Crippen LogP contribution < -0.4 is 10.6 Å². The number of nitrogens with one attached hydrogen (secondary N) is 2. The maximum Gasteiger partial charge on any atom is 0.326 e. The fraction of sp³-hybridized carbons (Fsp3) is 0.875. The van der Waals surface area contributed by atoms with Gasteiger partial charge in [-0.15, -0.1) is 0 Å². The fourth-order valence-corrected chi connectivity index (χ4v) is 3.67. The molecule has 2 rings (SSSR count).